The first-order valence-corrected chi connectivity index (χ1v) is 10.5. The summed E-state index contributed by atoms with van der Waals surface area (Å²) in [6.45, 7) is -0.355. The third kappa shape index (κ3) is 5.45. The lowest BCUT2D eigenvalue weighted by Gasteiger charge is -2.08. The van der Waals surface area contributed by atoms with Crippen molar-refractivity contribution >= 4 is 35.1 Å². The predicted octanol–water partition coefficient (Wildman–Crippen LogP) is 4.04. The molecule has 0 heterocycles. The fourth-order valence-corrected chi connectivity index (χ4v) is 3.61. The van der Waals surface area contributed by atoms with Gasteiger partial charge in [0.1, 0.15) is 0 Å². The molecular formula is C22H23NO4S. The second kappa shape index (κ2) is 9.55. The van der Waals surface area contributed by atoms with Crippen LogP contribution in [-0.4, -0.2) is 30.5 Å². The lowest BCUT2D eigenvalue weighted by atomic mass is 10.1. The van der Waals surface area contributed by atoms with Crippen molar-refractivity contribution in [2.75, 3.05) is 18.2 Å². The summed E-state index contributed by atoms with van der Waals surface area (Å²) in [6.07, 6.45) is 5.24. The van der Waals surface area contributed by atoms with E-state index in [0.29, 0.717) is 11.3 Å². The van der Waals surface area contributed by atoms with E-state index in [2.05, 4.69) is 5.32 Å². The number of ether oxygens (including phenoxy) is 1. The van der Waals surface area contributed by atoms with Gasteiger partial charge in [-0.15, -0.1) is 11.8 Å². The van der Waals surface area contributed by atoms with Crippen LogP contribution in [0.25, 0.3) is 0 Å². The number of hydrogen-bond donors (Lipinski definition) is 1. The molecule has 0 saturated carbocycles. The van der Waals surface area contributed by atoms with Crippen LogP contribution in [0.2, 0.25) is 0 Å². The SMILES string of the molecule is CSc1ccc(C(=O)CCC(=O)OCC(=O)Nc2ccc3c(c2)CCC3)cc1. The van der Waals surface area contributed by atoms with Crippen molar-refractivity contribution in [3.05, 3.63) is 59.2 Å². The van der Waals surface area contributed by atoms with Crippen LogP contribution in [0.4, 0.5) is 5.69 Å². The van der Waals surface area contributed by atoms with Gasteiger partial charge in [0, 0.05) is 22.6 Å². The second-order valence-electron chi connectivity index (χ2n) is 6.70. The van der Waals surface area contributed by atoms with Crippen molar-refractivity contribution in [3.63, 3.8) is 0 Å². The Hall–Kier alpha value is -2.60. The van der Waals surface area contributed by atoms with Gasteiger partial charge in [-0.1, -0.05) is 18.2 Å². The highest BCUT2D eigenvalue weighted by atomic mass is 32.2. The molecule has 28 heavy (non-hydrogen) atoms. The van der Waals surface area contributed by atoms with Crippen molar-refractivity contribution in [2.24, 2.45) is 0 Å². The summed E-state index contributed by atoms with van der Waals surface area (Å²) >= 11 is 1.60. The Morgan fingerprint density at radius 2 is 1.75 bits per heavy atom. The van der Waals surface area contributed by atoms with Gasteiger partial charge in [-0.25, -0.2) is 0 Å². The second-order valence-corrected chi connectivity index (χ2v) is 7.58. The van der Waals surface area contributed by atoms with E-state index in [0.717, 1.165) is 24.2 Å². The number of nitrogens with one attached hydrogen (secondary N) is 1. The number of carbonyl (C=O) groups excluding carboxylic acids is 3. The molecule has 1 aliphatic carbocycles. The maximum atomic E-state index is 12.1. The number of amides is 1. The summed E-state index contributed by atoms with van der Waals surface area (Å²) in [5.41, 5.74) is 3.88. The molecule has 0 unspecified atom stereocenters. The van der Waals surface area contributed by atoms with Crippen molar-refractivity contribution < 1.29 is 19.1 Å². The molecule has 3 rings (SSSR count). The molecule has 0 saturated heterocycles. The number of benzene rings is 2. The largest absolute Gasteiger partial charge is 0.456 e. The zero-order chi connectivity index (χ0) is 19.9. The first-order chi connectivity index (χ1) is 13.5. The summed E-state index contributed by atoms with van der Waals surface area (Å²) in [7, 11) is 0. The normalized spacial score (nSPS) is 12.3. The van der Waals surface area contributed by atoms with E-state index in [1.165, 1.54) is 11.1 Å². The molecule has 0 spiro atoms. The molecule has 2 aromatic carbocycles. The molecule has 0 fully saturated rings. The molecular weight excluding hydrogens is 374 g/mol. The van der Waals surface area contributed by atoms with Gasteiger partial charge in [0.2, 0.25) is 0 Å². The number of ketones is 1. The van der Waals surface area contributed by atoms with Crippen LogP contribution < -0.4 is 5.32 Å². The van der Waals surface area contributed by atoms with E-state index in [-0.39, 0.29) is 31.1 Å². The first-order valence-electron chi connectivity index (χ1n) is 9.29. The maximum absolute atomic E-state index is 12.1. The van der Waals surface area contributed by atoms with Crippen LogP contribution in [0.3, 0.4) is 0 Å². The van der Waals surface area contributed by atoms with Crippen LogP contribution in [0.1, 0.15) is 40.7 Å². The van der Waals surface area contributed by atoms with E-state index in [1.54, 1.807) is 23.9 Å². The monoisotopic (exact) mass is 397 g/mol. The van der Waals surface area contributed by atoms with Crippen LogP contribution in [-0.2, 0) is 27.2 Å². The van der Waals surface area contributed by atoms with Gasteiger partial charge >= 0.3 is 5.97 Å². The van der Waals surface area contributed by atoms with E-state index in [9.17, 15) is 14.4 Å². The average Bonchev–Trinajstić information content (AvgIpc) is 3.18. The first kappa shape index (κ1) is 20.1. The average molecular weight is 397 g/mol. The third-order valence-corrected chi connectivity index (χ3v) is 5.46. The maximum Gasteiger partial charge on any atom is 0.306 e. The molecule has 0 aliphatic heterocycles. The lowest BCUT2D eigenvalue weighted by Crippen LogP contribution is -2.21. The minimum atomic E-state index is -0.557. The van der Waals surface area contributed by atoms with Crippen LogP contribution >= 0.6 is 11.8 Å². The number of fused-ring (bicyclic) bond motifs is 1. The van der Waals surface area contributed by atoms with Crippen molar-refractivity contribution in [3.8, 4) is 0 Å². The van der Waals surface area contributed by atoms with E-state index in [4.69, 9.17) is 4.74 Å². The Bertz CT molecular complexity index is 877. The van der Waals surface area contributed by atoms with Crippen molar-refractivity contribution in [1.82, 2.24) is 0 Å². The molecule has 1 amide bonds. The van der Waals surface area contributed by atoms with Crippen molar-refractivity contribution in [2.45, 2.75) is 37.0 Å². The summed E-state index contributed by atoms with van der Waals surface area (Å²) in [5.74, 6) is -1.06. The van der Waals surface area contributed by atoms with E-state index in [1.807, 2.05) is 36.6 Å². The topological polar surface area (TPSA) is 72.5 Å². The molecule has 146 valence electrons. The minimum absolute atomic E-state index is 0.0464. The van der Waals surface area contributed by atoms with Crippen LogP contribution in [0.15, 0.2) is 47.4 Å². The standard InChI is InChI=1S/C22H23NO4S/c1-28-19-9-6-16(7-10-19)20(24)11-12-22(26)27-14-21(25)23-18-8-5-15-3-2-4-17(15)13-18/h5-10,13H,2-4,11-12,14H2,1H3,(H,23,25). The van der Waals surface area contributed by atoms with Gasteiger partial charge in [-0.05, 0) is 60.9 Å². The number of anilines is 1. The number of carbonyl (C=O) groups is 3. The minimum Gasteiger partial charge on any atom is -0.456 e. The van der Waals surface area contributed by atoms with Crippen molar-refractivity contribution in [1.29, 1.82) is 0 Å². The fourth-order valence-electron chi connectivity index (χ4n) is 3.20. The van der Waals surface area contributed by atoms with E-state index >= 15 is 0 Å². The van der Waals surface area contributed by atoms with Crippen LogP contribution in [0.5, 0.6) is 0 Å². The number of thioether (sulfide) groups is 1. The highest BCUT2D eigenvalue weighted by Crippen LogP contribution is 2.24. The zero-order valence-corrected chi connectivity index (χ0v) is 16.6. The molecule has 2 aromatic rings. The van der Waals surface area contributed by atoms with E-state index < -0.39 is 5.97 Å². The number of esters is 1. The number of Topliss-reactive ketones (excluding diaryl/α,β-unsaturated/α-hetero) is 1. The quantitative estimate of drug-likeness (QED) is 0.413. The Balaban J connectivity index is 1.39. The Morgan fingerprint density at radius 3 is 2.50 bits per heavy atom. The van der Waals surface area contributed by atoms with Gasteiger partial charge in [0.25, 0.3) is 5.91 Å². The Morgan fingerprint density at radius 1 is 1.00 bits per heavy atom. The van der Waals surface area contributed by atoms with Gasteiger partial charge in [-0.2, -0.15) is 0 Å². The Labute approximate surface area is 168 Å². The summed E-state index contributed by atoms with van der Waals surface area (Å²) < 4.78 is 4.98. The summed E-state index contributed by atoms with van der Waals surface area (Å²) in [5, 5.41) is 2.74. The van der Waals surface area contributed by atoms with Gasteiger partial charge < -0.3 is 10.1 Å². The molecule has 0 radical (unpaired) electrons. The molecule has 6 heteroatoms. The lowest BCUT2D eigenvalue weighted by molar-refractivity contribution is -0.147. The number of aryl methyl sites for hydroxylation is 2. The molecule has 0 atom stereocenters. The van der Waals surface area contributed by atoms with Gasteiger partial charge in [-0.3, -0.25) is 14.4 Å². The fraction of sp³-hybridized carbons (Fsp3) is 0.318. The highest BCUT2D eigenvalue weighted by molar-refractivity contribution is 7.98. The molecule has 1 N–H and O–H groups in total. The number of hydrogen-bond acceptors (Lipinski definition) is 5. The zero-order valence-electron chi connectivity index (χ0n) is 15.8. The molecule has 0 bridgehead atoms. The molecule has 0 aromatic heterocycles. The van der Waals surface area contributed by atoms with Gasteiger partial charge in [0.05, 0.1) is 6.42 Å². The molecule has 5 nitrogen and oxygen atoms in total. The smallest absolute Gasteiger partial charge is 0.306 e. The van der Waals surface area contributed by atoms with Crippen LogP contribution in [0, 0.1) is 0 Å². The highest BCUT2D eigenvalue weighted by Gasteiger charge is 2.14. The summed E-state index contributed by atoms with van der Waals surface area (Å²) in [6, 6.07) is 13.1. The summed E-state index contributed by atoms with van der Waals surface area (Å²) in [4.78, 5) is 37.0. The third-order valence-electron chi connectivity index (χ3n) is 4.71. The Kier molecular flexibility index (Phi) is 6.87. The molecule has 1 aliphatic rings. The van der Waals surface area contributed by atoms with Gasteiger partial charge in [0.15, 0.2) is 12.4 Å². The number of rotatable bonds is 8. The predicted molar refractivity (Wildman–Crippen MR) is 110 cm³/mol.